The largest absolute Gasteiger partial charge is 0.430 e. The van der Waals surface area contributed by atoms with Gasteiger partial charge in [-0.2, -0.15) is 30.6 Å². The number of piperazine rings is 1. The zero-order chi connectivity index (χ0) is 24.8. The predicted octanol–water partition coefficient (Wildman–Crippen LogP) is 3.45. The number of hydrogen-bond acceptors (Lipinski definition) is 5. The molecule has 2 heterocycles. The number of anilines is 1. The van der Waals surface area contributed by atoms with Gasteiger partial charge in [-0.05, 0) is 24.6 Å². The average molecular weight is 497 g/mol. The number of nitrogens with zero attached hydrogens (tertiary/aromatic N) is 3. The minimum Gasteiger partial charge on any atom is -0.369 e. The van der Waals surface area contributed by atoms with Gasteiger partial charge in [-0.1, -0.05) is 24.3 Å². The average Bonchev–Trinajstić information content (AvgIpc) is 2.71. The van der Waals surface area contributed by atoms with Crippen LogP contribution in [0.15, 0.2) is 36.4 Å². The van der Waals surface area contributed by atoms with Crippen molar-refractivity contribution in [1.82, 2.24) is 9.29 Å². The second-order valence-electron chi connectivity index (χ2n) is 7.77. The zero-order valence-corrected chi connectivity index (χ0v) is 18.4. The molecular formula is C20H21F6N3O3S. The van der Waals surface area contributed by atoms with Crippen molar-refractivity contribution in [3.05, 3.63) is 47.5 Å². The van der Waals surface area contributed by atoms with E-state index in [2.05, 4.69) is 4.98 Å². The lowest BCUT2D eigenvalue weighted by molar-refractivity contribution is -0.376. The molecule has 0 bridgehead atoms. The Bertz CT molecular complexity index is 1110. The Kier molecular flexibility index (Phi) is 6.46. The summed E-state index contributed by atoms with van der Waals surface area (Å²) >= 11 is 0. The SMILES string of the molecule is Cc1cc(C(O)(C(F)(F)F)C(F)(F)F)ccc1-c1cccc(N2CCN(S(C)(=O)=O)CC2)n1. The molecule has 1 aromatic heterocycles. The summed E-state index contributed by atoms with van der Waals surface area (Å²) in [6.07, 6.45) is -10.8. The van der Waals surface area contributed by atoms with Gasteiger partial charge in [0.15, 0.2) is 0 Å². The highest BCUT2D eigenvalue weighted by Gasteiger charge is 2.71. The van der Waals surface area contributed by atoms with Crippen LogP contribution in [0.25, 0.3) is 11.3 Å². The predicted molar refractivity (Wildman–Crippen MR) is 109 cm³/mol. The first-order valence-corrected chi connectivity index (χ1v) is 11.5. The normalized spacial score (nSPS) is 16.8. The van der Waals surface area contributed by atoms with Crippen LogP contribution in [-0.4, -0.2) is 67.6 Å². The Morgan fingerprint density at radius 2 is 1.52 bits per heavy atom. The number of aryl methyl sites for hydroxylation is 1. The molecule has 33 heavy (non-hydrogen) atoms. The third-order valence-corrected chi connectivity index (χ3v) is 6.81. The van der Waals surface area contributed by atoms with E-state index in [9.17, 15) is 39.9 Å². The third kappa shape index (κ3) is 4.80. The van der Waals surface area contributed by atoms with E-state index in [1.807, 2.05) is 4.90 Å². The molecule has 0 spiro atoms. The van der Waals surface area contributed by atoms with E-state index >= 15 is 0 Å². The second kappa shape index (κ2) is 8.44. The lowest BCUT2D eigenvalue weighted by Crippen LogP contribution is -2.53. The van der Waals surface area contributed by atoms with Crippen LogP contribution in [0, 0.1) is 6.92 Å². The standard InChI is InChI=1S/C20H21F6N3O3S/c1-13-12-14(18(30,19(21,22)23)20(24,25)26)6-7-15(13)16-4-3-5-17(27-16)28-8-10-29(11-9-28)33(2,31)32/h3-7,12,30H,8-11H2,1-2H3. The second-order valence-corrected chi connectivity index (χ2v) is 9.75. The van der Waals surface area contributed by atoms with Crippen LogP contribution in [0.2, 0.25) is 0 Å². The molecule has 0 amide bonds. The van der Waals surface area contributed by atoms with Gasteiger partial charge in [0.1, 0.15) is 5.82 Å². The van der Waals surface area contributed by atoms with Gasteiger partial charge in [-0.15, -0.1) is 0 Å². The van der Waals surface area contributed by atoms with Crippen molar-refractivity contribution in [2.24, 2.45) is 0 Å². The van der Waals surface area contributed by atoms with E-state index in [1.54, 1.807) is 18.2 Å². The van der Waals surface area contributed by atoms with Gasteiger partial charge in [-0.25, -0.2) is 13.4 Å². The maximum Gasteiger partial charge on any atom is 0.430 e. The maximum absolute atomic E-state index is 13.2. The van der Waals surface area contributed by atoms with Gasteiger partial charge in [0.25, 0.3) is 5.60 Å². The van der Waals surface area contributed by atoms with E-state index in [0.29, 0.717) is 42.3 Å². The van der Waals surface area contributed by atoms with Crippen molar-refractivity contribution in [1.29, 1.82) is 0 Å². The van der Waals surface area contributed by atoms with Crippen LogP contribution in [-0.2, 0) is 15.6 Å². The highest BCUT2D eigenvalue weighted by atomic mass is 32.2. The molecule has 6 nitrogen and oxygen atoms in total. The monoisotopic (exact) mass is 497 g/mol. The highest BCUT2D eigenvalue weighted by Crippen LogP contribution is 2.50. The molecule has 3 rings (SSSR count). The molecule has 182 valence electrons. The fourth-order valence-corrected chi connectivity index (χ4v) is 4.49. The van der Waals surface area contributed by atoms with Gasteiger partial charge >= 0.3 is 12.4 Å². The van der Waals surface area contributed by atoms with Crippen LogP contribution in [0.4, 0.5) is 32.2 Å². The molecule has 1 aliphatic rings. The first-order valence-electron chi connectivity index (χ1n) is 9.70. The van der Waals surface area contributed by atoms with Crippen molar-refractivity contribution in [2.75, 3.05) is 37.3 Å². The summed E-state index contributed by atoms with van der Waals surface area (Å²) in [5, 5.41) is 9.62. The lowest BCUT2D eigenvalue weighted by Gasteiger charge is -2.34. The Morgan fingerprint density at radius 1 is 0.939 bits per heavy atom. The summed E-state index contributed by atoms with van der Waals surface area (Å²) in [6.45, 7) is 2.57. The van der Waals surface area contributed by atoms with E-state index in [1.165, 1.54) is 11.2 Å². The molecule has 0 aliphatic carbocycles. The van der Waals surface area contributed by atoms with Crippen LogP contribution in [0.5, 0.6) is 0 Å². The number of rotatable bonds is 4. The van der Waals surface area contributed by atoms with Gasteiger partial charge in [0.05, 0.1) is 11.9 Å². The van der Waals surface area contributed by atoms with Crippen molar-refractivity contribution in [3.63, 3.8) is 0 Å². The Balaban J connectivity index is 1.92. The number of hydrogen-bond donors (Lipinski definition) is 1. The smallest absolute Gasteiger partial charge is 0.369 e. The number of alkyl halides is 6. The molecule has 0 unspecified atom stereocenters. The number of sulfonamides is 1. The molecule has 0 radical (unpaired) electrons. The minimum atomic E-state index is -5.97. The van der Waals surface area contributed by atoms with Crippen LogP contribution >= 0.6 is 0 Å². The van der Waals surface area contributed by atoms with Crippen LogP contribution in [0.3, 0.4) is 0 Å². The molecule has 1 aromatic carbocycles. The number of aromatic nitrogens is 1. The van der Waals surface area contributed by atoms with E-state index in [4.69, 9.17) is 0 Å². The summed E-state index contributed by atoms with van der Waals surface area (Å²) in [5.74, 6) is 0.492. The molecule has 13 heteroatoms. The van der Waals surface area contributed by atoms with Crippen molar-refractivity contribution >= 4 is 15.8 Å². The molecule has 0 atom stereocenters. The van der Waals surface area contributed by atoms with Gasteiger partial charge < -0.3 is 10.0 Å². The zero-order valence-electron chi connectivity index (χ0n) is 17.6. The first kappa shape index (κ1) is 25.2. The topological polar surface area (TPSA) is 73.7 Å². The van der Waals surface area contributed by atoms with E-state index in [0.717, 1.165) is 12.3 Å². The Hall–Kier alpha value is -2.38. The summed E-state index contributed by atoms with van der Waals surface area (Å²) in [7, 11) is -3.32. The first-order chi connectivity index (χ1) is 15.1. The van der Waals surface area contributed by atoms with Crippen molar-refractivity contribution in [3.8, 4) is 11.3 Å². The molecule has 1 fully saturated rings. The lowest BCUT2D eigenvalue weighted by atomic mass is 9.89. The summed E-state index contributed by atoms with van der Waals surface area (Å²) in [6, 6.07) is 7.15. The van der Waals surface area contributed by atoms with E-state index < -0.39 is 33.5 Å². The molecule has 1 saturated heterocycles. The molecule has 0 saturated carbocycles. The fourth-order valence-electron chi connectivity index (χ4n) is 3.66. The number of halogens is 6. The minimum absolute atomic E-state index is 0.0611. The maximum atomic E-state index is 13.2. The van der Waals surface area contributed by atoms with E-state index in [-0.39, 0.29) is 18.7 Å². The summed E-state index contributed by atoms with van der Waals surface area (Å²) in [4.78, 5) is 6.29. The molecule has 2 aromatic rings. The van der Waals surface area contributed by atoms with Gasteiger partial charge in [-0.3, -0.25) is 0 Å². The number of pyridine rings is 1. The molecule has 1 aliphatic heterocycles. The van der Waals surface area contributed by atoms with Crippen LogP contribution < -0.4 is 4.90 Å². The number of aliphatic hydroxyl groups is 1. The fraction of sp³-hybridized carbons (Fsp3) is 0.450. The van der Waals surface area contributed by atoms with Gasteiger partial charge in [0, 0.05) is 37.3 Å². The van der Waals surface area contributed by atoms with Crippen molar-refractivity contribution in [2.45, 2.75) is 24.9 Å². The molecular weight excluding hydrogens is 476 g/mol. The summed E-state index contributed by atoms with van der Waals surface area (Å²) < 4.78 is 104. The Labute approximate surface area is 186 Å². The molecule has 1 N–H and O–H groups in total. The Morgan fingerprint density at radius 3 is 2.00 bits per heavy atom. The number of benzene rings is 1. The summed E-state index contributed by atoms with van der Waals surface area (Å²) in [5.41, 5.74) is -5.67. The van der Waals surface area contributed by atoms with Gasteiger partial charge in [0.2, 0.25) is 10.0 Å². The van der Waals surface area contributed by atoms with Crippen molar-refractivity contribution < 1.29 is 39.9 Å². The highest BCUT2D eigenvalue weighted by molar-refractivity contribution is 7.88. The third-order valence-electron chi connectivity index (χ3n) is 5.51. The quantitative estimate of drug-likeness (QED) is 0.656. The van der Waals surface area contributed by atoms with Crippen LogP contribution in [0.1, 0.15) is 11.1 Å².